The quantitative estimate of drug-likeness (QED) is 0.735. The van der Waals surface area contributed by atoms with Crippen molar-refractivity contribution in [2.24, 2.45) is 5.41 Å². The predicted octanol–water partition coefficient (Wildman–Crippen LogP) is 3.65. The summed E-state index contributed by atoms with van der Waals surface area (Å²) in [6.45, 7) is 5.50. The fourth-order valence-corrected chi connectivity index (χ4v) is 2.08. The van der Waals surface area contributed by atoms with Gasteiger partial charge in [0.1, 0.15) is 5.75 Å². The van der Waals surface area contributed by atoms with E-state index >= 15 is 0 Å². The number of nitriles is 1. The van der Waals surface area contributed by atoms with Gasteiger partial charge in [0.15, 0.2) is 0 Å². The number of para-hydroxylation sites is 1. The lowest BCUT2D eigenvalue weighted by molar-refractivity contribution is 0.281. The van der Waals surface area contributed by atoms with Gasteiger partial charge in [-0.15, -0.1) is 0 Å². The van der Waals surface area contributed by atoms with E-state index in [9.17, 15) is 0 Å². The third-order valence-electron chi connectivity index (χ3n) is 3.64. The minimum absolute atomic E-state index is 0.254. The summed E-state index contributed by atoms with van der Waals surface area (Å²) in [5, 5.41) is 12.5. The van der Waals surface area contributed by atoms with Gasteiger partial charge in [0.2, 0.25) is 0 Å². The zero-order chi connectivity index (χ0) is 14.4. The summed E-state index contributed by atoms with van der Waals surface area (Å²) in [5.74, 6) is 0.968. The zero-order valence-electron chi connectivity index (χ0n) is 12.5. The number of hydrogen-bond donors (Lipinski definition) is 1. The van der Waals surface area contributed by atoms with Crippen LogP contribution in [0.3, 0.4) is 0 Å². The lowest BCUT2D eigenvalue weighted by atomic mass is 9.90. The third-order valence-corrected chi connectivity index (χ3v) is 3.64. The second kappa shape index (κ2) is 6.76. The van der Waals surface area contributed by atoms with E-state index in [1.165, 1.54) is 18.4 Å². The van der Waals surface area contributed by atoms with E-state index in [1.807, 2.05) is 26.0 Å². The first-order valence-electron chi connectivity index (χ1n) is 7.46. The summed E-state index contributed by atoms with van der Waals surface area (Å²) in [7, 11) is 0. The Bertz CT molecular complexity index is 472. The van der Waals surface area contributed by atoms with E-state index in [4.69, 9.17) is 10.00 Å². The van der Waals surface area contributed by atoms with Crippen LogP contribution in [-0.4, -0.2) is 12.6 Å². The van der Waals surface area contributed by atoms with Gasteiger partial charge in [-0.1, -0.05) is 18.2 Å². The van der Waals surface area contributed by atoms with Gasteiger partial charge in [-0.25, -0.2) is 0 Å². The topological polar surface area (TPSA) is 45.0 Å². The SMILES string of the molecule is CC(C)(C#N)CCCOc1ccccc1CNC1CC1. The van der Waals surface area contributed by atoms with Crippen molar-refractivity contribution in [2.75, 3.05) is 6.61 Å². The third kappa shape index (κ3) is 4.86. The molecule has 1 aliphatic carbocycles. The molecule has 0 spiro atoms. The highest BCUT2D eigenvalue weighted by Gasteiger charge is 2.20. The first-order chi connectivity index (χ1) is 9.61. The molecular formula is C17H24N2O. The first kappa shape index (κ1) is 14.9. The highest BCUT2D eigenvalue weighted by molar-refractivity contribution is 5.33. The molecule has 0 aromatic heterocycles. The molecule has 0 saturated heterocycles. The molecule has 1 aromatic carbocycles. The molecule has 108 valence electrons. The number of rotatable bonds is 8. The number of benzene rings is 1. The lowest BCUT2D eigenvalue weighted by Gasteiger charge is -2.16. The molecule has 2 rings (SSSR count). The average Bonchev–Trinajstić information content (AvgIpc) is 3.26. The molecular weight excluding hydrogens is 248 g/mol. The van der Waals surface area contributed by atoms with Crippen molar-refractivity contribution < 1.29 is 4.74 Å². The number of nitrogens with one attached hydrogen (secondary N) is 1. The van der Waals surface area contributed by atoms with Crippen molar-refractivity contribution >= 4 is 0 Å². The molecule has 0 heterocycles. The van der Waals surface area contributed by atoms with E-state index in [2.05, 4.69) is 23.5 Å². The predicted molar refractivity (Wildman–Crippen MR) is 80.4 cm³/mol. The molecule has 1 aliphatic rings. The molecule has 1 N–H and O–H groups in total. The maximum absolute atomic E-state index is 8.98. The van der Waals surface area contributed by atoms with Crippen LogP contribution in [0.4, 0.5) is 0 Å². The van der Waals surface area contributed by atoms with Crippen LogP contribution in [0.1, 0.15) is 45.1 Å². The Balaban J connectivity index is 1.78. The number of ether oxygens (including phenoxy) is 1. The van der Waals surface area contributed by atoms with Gasteiger partial charge in [-0.3, -0.25) is 0 Å². The van der Waals surface area contributed by atoms with E-state index in [0.717, 1.165) is 25.1 Å². The molecule has 1 aromatic rings. The molecule has 3 nitrogen and oxygen atoms in total. The summed E-state index contributed by atoms with van der Waals surface area (Å²) in [4.78, 5) is 0. The summed E-state index contributed by atoms with van der Waals surface area (Å²) in [5.41, 5.74) is 0.968. The molecule has 1 saturated carbocycles. The normalized spacial score (nSPS) is 14.8. The van der Waals surface area contributed by atoms with Crippen LogP contribution in [0.15, 0.2) is 24.3 Å². The smallest absolute Gasteiger partial charge is 0.123 e. The fourth-order valence-electron chi connectivity index (χ4n) is 2.08. The lowest BCUT2D eigenvalue weighted by Crippen LogP contribution is -2.16. The van der Waals surface area contributed by atoms with Crippen molar-refractivity contribution in [1.29, 1.82) is 5.26 Å². The Hall–Kier alpha value is -1.53. The Kier molecular flexibility index (Phi) is 5.03. The van der Waals surface area contributed by atoms with E-state index in [0.29, 0.717) is 12.6 Å². The minimum atomic E-state index is -0.254. The number of hydrogen-bond acceptors (Lipinski definition) is 3. The van der Waals surface area contributed by atoms with Gasteiger partial charge >= 0.3 is 0 Å². The fraction of sp³-hybridized carbons (Fsp3) is 0.588. The van der Waals surface area contributed by atoms with E-state index in [1.54, 1.807) is 0 Å². The van der Waals surface area contributed by atoms with Crippen LogP contribution in [0.25, 0.3) is 0 Å². The molecule has 20 heavy (non-hydrogen) atoms. The monoisotopic (exact) mass is 272 g/mol. The molecule has 0 atom stereocenters. The van der Waals surface area contributed by atoms with Gasteiger partial charge in [-0.2, -0.15) is 5.26 Å². The summed E-state index contributed by atoms with van der Waals surface area (Å²) >= 11 is 0. The summed E-state index contributed by atoms with van der Waals surface area (Å²) in [6.07, 6.45) is 4.37. The molecule has 1 fully saturated rings. The largest absolute Gasteiger partial charge is 0.493 e. The number of nitrogens with zero attached hydrogens (tertiary/aromatic N) is 1. The average molecular weight is 272 g/mol. The van der Waals surface area contributed by atoms with Gasteiger partial charge in [0, 0.05) is 18.2 Å². The molecule has 0 unspecified atom stereocenters. The standard InChI is InChI=1S/C17H24N2O/c1-17(2,13-18)10-5-11-20-16-7-4-3-6-14(16)12-19-15-8-9-15/h3-4,6-7,15,19H,5,8-12H2,1-2H3. The van der Waals surface area contributed by atoms with Gasteiger partial charge in [0.05, 0.1) is 18.1 Å². The molecule has 0 aliphatic heterocycles. The van der Waals surface area contributed by atoms with Crippen LogP contribution in [-0.2, 0) is 6.54 Å². The van der Waals surface area contributed by atoms with Crippen LogP contribution < -0.4 is 10.1 Å². The maximum Gasteiger partial charge on any atom is 0.123 e. The zero-order valence-corrected chi connectivity index (χ0v) is 12.5. The van der Waals surface area contributed by atoms with Gasteiger partial charge in [0.25, 0.3) is 0 Å². The summed E-state index contributed by atoms with van der Waals surface area (Å²) < 4.78 is 5.88. The van der Waals surface area contributed by atoms with Gasteiger partial charge in [-0.05, 0) is 45.6 Å². The maximum atomic E-state index is 8.98. The Morgan fingerprint density at radius 1 is 1.35 bits per heavy atom. The van der Waals surface area contributed by atoms with Crippen molar-refractivity contribution in [3.63, 3.8) is 0 Å². The molecule has 3 heteroatoms. The molecule has 0 amide bonds. The van der Waals surface area contributed by atoms with Crippen molar-refractivity contribution in [1.82, 2.24) is 5.32 Å². The van der Waals surface area contributed by atoms with Crippen LogP contribution in [0, 0.1) is 16.7 Å². The molecule has 0 bridgehead atoms. The van der Waals surface area contributed by atoms with Crippen molar-refractivity contribution in [3.05, 3.63) is 29.8 Å². The first-order valence-corrected chi connectivity index (χ1v) is 7.46. The van der Waals surface area contributed by atoms with Crippen LogP contribution in [0.2, 0.25) is 0 Å². The van der Waals surface area contributed by atoms with Crippen molar-refractivity contribution in [2.45, 2.75) is 52.1 Å². The van der Waals surface area contributed by atoms with E-state index < -0.39 is 0 Å². The molecule has 0 radical (unpaired) electrons. The Morgan fingerprint density at radius 2 is 2.10 bits per heavy atom. The minimum Gasteiger partial charge on any atom is -0.493 e. The Labute approximate surface area is 121 Å². The van der Waals surface area contributed by atoms with Crippen LogP contribution >= 0.6 is 0 Å². The second-order valence-corrected chi connectivity index (χ2v) is 6.21. The van der Waals surface area contributed by atoms with Gasteiger partial charge < -0.3 is 10.1 Å². The summed E-state index contributed by atoms with van der Waals surface area (Å²) in [6, 6.07) is 11.2. The second-order valence-electron chi connectivity index (χ2n) is 6.21. The van der Waals surface area contributed by atoms with Crippen LogP contribution in [0.5, 0.6) is 5.75 Å². The van der Waals surface area contributed by atoms with Crippen molar-refractivity contribution in [3.8, 4) is 11.8 Å². The highest BCUT2D eigenvalue weighted by atomic mass is 16.5. The van der Waals surface area contributed by atoms with E-state index in [-0.39, 0.29) is 5.41 Å². The Morgan fingerprint density at radius 3 is 2.80 bits per heavy atom. The highest BCUT2D eigenvalue weighted by Crippen LogP contribution is 2.24.